The quantitative estimate of drug-likeness (QED) is 0.872. The molecule has 0 atom stereocenters. The van der Waals surface area contributed by atoms with E-state index in [1.54, 1.807) is 22.7 Å². The minimum atomic E-state index is -0.948. The Balaban J connectivity index is 2.33. The molecular weight excluding hydrogens is 228 g/mol. The zero-order valence-corrected chi connectivity index (χ0v) is 9.11. The largest absolute Gasteiger partial charge is 0.477 e. The molecule has 0 aliphatic heterocycles. The van der Waals surface area contributed by atoms with Crippen LogP contribution in [0.1, 0.15) is 34.9 Å². The van der Waals surface area contributed by atoms with E-state index in [-0.39, 0.29) is 5.69 Å². The summed E-state index contributed by atoms with van der Waals surface area (Å²) in [7, 11) is 0. The average Bonchev–Trinajstić information content (AvgIpc) is 2.99. The molecule has 82 valence electrons. The summed E-state index contributed by atoms with van der Waals surface area (Å²) in [6.45, 7) is 0. The van der Waals surface area contributed by atoms with Crippen LogP contribution in [-0.4, -0.2) is 20.5 Å². The fourth-order valence-electron chi connectivity index (χ4n) is 1.89. The number of aromatic nitrogens is 2. The predicted molar refractivity (Wildman–Crippen MR) is 59.1 cm³/mol. The third kappa shape index (κ3) is 1.38. The lowest BCUT2D eigenvalue weighted by Crippen LogP contribution is -2.04. The summed E-state index contributed by atoms with van der Waals surface area (Å²) in [5.74, 6) is -0.638. The highest BCUT2D eigenvalue weighted by Crippen LogP contribution is 2.41. The maximum Gasteiger partial charge on any atom is 0.354 e. The number of pyridine rings is 1. The number of hydrogen-bond acceptors (Lipinski definition) is 2. The highest BCUT2D eigenvalue weighted by Gasteiger charge is 2.32. The van der Waals surface area contributed by atoms with Gasteiger partial charge in [0.15, 0.2) is 5.69 Å². The standard InChI is InChI=1S/C11H9ClN2O2/c12-7-3-4-8-13-9(6-1-2-6)10(11(15)16)14(8)5-7/h3-6H,1-2H2,(H,15,16). The zero-order valence-electron chi connectivity index (χ0n) is 8.35. The van der Waals surface area contributed by atoms with Gasteiger partial charge in [-0.15, -0.1) is 0 Å². The molecule has 4 nitrogen and oxygen atoms in total. The Hall–Kier alpha value is -1.55. The highest BCUT2D eigenvalue weighted by atomic mass is 35.5. The topological polar surface area (TPSA) is 54.6 Å². The third-order valence-electron chi connectivity index (χ3n) is 2.78. The van der Waals surface area contributed by atoms with Crippen molar-refractivity contribution in [1.82, 2.24) is 9.38 Å². The molecule has 2 heterocycles. The molecular formula is C11H9ClN2O2. The molecule has 0 unspecified atom stereocenters. The second-order valence-corrected chi connectivity index (χ2v) is 4.44. The van der Waals surface area contributed by atoms with Gasteiger partial charge < -0.3 is 5.11 Å². The fourth-order valence-corrected chi connectivity index (χ4v) is 2.05. The van der Waals surface area contributed by atoms with E-state index in [2.05, 4.69) is 4.98 Å². The number of carboxylic acids is 1. The number of halogens is 1. The van der Waals surface area contributed by atoms with Gasteiger partial charge >= 0.3 is 5.97 Å². The summed E-state index contributed by atoms with van der Waals surface area (Å²) in [5.41, 5.74) is 1.58. The fraction of sp³-hybridized carbons (Fsp3) is 0.273. The van der Waals surface area contributed by atoms with Gasteiger partial charge in [-0.2, -0.15) is 0 Å². The van der Waals surface area contributed by atoms with Crippen molar-refractivity contribution in [3.05, 3.63) is 34.7 Å². The van der Waals surface area contributed by atoms with E-state index < -0.39 is 5.97 Å². The van der Waals surface area contributed by atoms with Crippen molar-refractivity contribution in [3.63, 3.8) is 0 Å². The highest BCUT2D eigenvalue weighted by molar-refractivity contribution is 6.30. The first-order valence-corrected chi connectivity index (χ1v) is 5.45. The van der Waals surface area contributed by atoms with E-state index in [4.69, 9.17) is 11.6 Å². The Morgan fingerprint density at radius 3 is 2.88 bits per heavy atom. The van der Waals surface area contributed by atoms with E-state index >= 15 is 0 Å². The summed E-state index contributed by atoms with van der Waals surface area (Å²) >= 11 is 5.86. The van der Waals surface area contributed by atoms with Crippen LogP contribution in [0, 0.1) is 0 Å². The molecule has 0 radical (unpaired) electrons. The third-order valence-corrected chi connectivity index (χ3v) is 3.00. The van der Waals surface area contributed by atoms with Gasteiger partial charge in [0.25, 0.3) is 0 Å². The number of rotatable bonds is 2. The van der Waals surface area contributed by atoms with Crippen LogP contribution in [0.15, 0.2) is 18.3 Å². The first kappa shape index (κ1) is 9.66. The van der Waals surface area contributed by atoms with E-state index in [0.717, 1.165) is 12.8 Å². The van der Waals surface area contributed by atoms with Gasteiger partial charge in [-0.1, -0.05) is 11.6 Å². The maximum atomic E-state index is 11.2. The maximum absolute atomic E-state index is 11.2. The zero-order chi connectivity index (χ0) is 11.3. The molecule has 5 heteroatoms. The molecule has 1 aliphatic carbocycles. The second kappa shape index (κ2) is 3.22. The Labute approximate surface area is 96.5 Å². The molecule has 2 aromatic heterocycles. The summed E-state index contributed by atoms with van der Waals surface area (Å²) in [5, 5.41) is 9.73. The first-order chi connectivity index (χ1) is 7.66. The van der Waals surface area contributed by atoms with Crippen LogP contribution >= 0.6 is 11.6 Å². The number of hydrogen-bond donors (Lipinski definition) is 1. The van der Waals surface area contributed by atoms with Crippen LogP contribution in [-0.2, 0) is 0 Å². The van der Waals surface area contributed by atoms with E-state index in [0.29, 0.717) is 22.3 Å². The van der Waals surface area contributed by atoms with Crippen LogP contribution in [0.4, 0.5) is 0 Å². The van der Waals surface area contributed by atoms with Gasteiger partial charge in [0.1, 0.15) is 5.65 Å². The van der Waals surface area contributed by atoms with Crippen LogP contribution in [0.5, 0.6) is 0 Å². The predicted octanol–water partition coefficient (Wildman–Crippen LogP) is 2.56. The van der Waals surface area contributed by atoms with Crippen LogP contribution in [0.25, 0.3) is 5.65 Å². The second-order valence-electron chi connectivity index (χ2n) is 4.00. The molecule has 1 N–H and O–H groups in total. The Morgan fingerprint density at radius 2 is 2.25 bits per heavy atom. The lowest BCUT2D eigenvalue weighted by molar-refractivity contribution is 0.0688. The SMILES string of the molecule is O=C(O)c1c(C2CC2)nc2ccc(Cl)cn12. The van der Waals surface area contributed by atoms with E-state index in [9.17, 15) is 9.90 Å². The summed E-state index contributed by atoms with van der Waals surface area (Å²) in [6.07, 6.45) is 3.65. The van der Waals surface area contributed by atoms with Crippen molar-refractivity contribution < 1.29 is 9.90 Å². The van der Waals surface area contributed by atoms with Gasteiger partial charge in [-0.05, 0) is 25.0 Å². The molecule has 1 aliphatic rings. The molecule has 3 rings (SSSR count). The van der Waals surface area contributed by atoms with Crippen molar-refractivity contribution in [2.45, 2.75) is 18.8 Å². The van der Waals surface area contributed by atoms with Gasteiger partial charge in [0, 0.05) is 12.1 Å². The summed E-state index contributed by atoms with van der Waals surface area (Å²) in [6, 6.07) is 3.45. The van der Waals surface area contributed by atoms with Crippen LogP contribution < -0.4 is 0 Å². The van der Waals surface area contributed by atoms with Crippen molar-refractivity contribution in [1.29, 1.82) is 0 Å². The monoisotopic (exact) mass is 236 g/mol. The van der Waals surface area contributed by atoms with Crippen molar-refractivity contribution >= 4 is 23.2 Å². The molecule has 0 aromatic carbocycles. The Bertz CT molecular complexity index is 587. The molecule has 0 spiro atoms. The van der Waals surface area contributed by atoms with Crippen molar-refractivity contribution in [2.75, 3.05) is 0 Å². The van der Waals surface area contributed by atoms with Crippen LogP contribution in [0.2, 0.25) is 5.02 Å². The van der Waals surface area contributed by atoms with E-state index in [1.807, 2.05) is 0 Å². The Kier molecular flexibility index (Phi) is 1.94. The van der Waals surface area contributed by atoms with Crippen LogP contribution in [0.3, 0.4) is 0 Å². The van der Waals surface area contributed by atoms with Gasteiger partial charge in [-0.25, -0.2) is 9.78 Å². The molecule has 0 bridgehead atoms. The lowest BCUT2D eigenvalue weighted by atomic mass is 10.2. The molecule has 0 amide bonds. The number of carbonyl (C=O) groups is 1. The van der Waals surface area contributed by atoms with Gasteiger partial charge in [0.05, 0.1) is 10.7 Å². The van der Waals surface area contributed by atoms with Crippen molar-refractivity contribution in [2.24, 2.45) is 0 Å². The number of nitrogens with zero attached hydrogens (tertiary/aromatic N) is 2. The average molecular weight is 237 g/mol. The van der Waals surface area contributed by atoms with E-state index in [1.165, 1.54) is 0 Å². The molecule has 0 saturated heterocycles. The minimum absolute atomic E-state index is 0.250. The molecule has 1 fully saturated rings. The minimum Gasteiger partial charge on any atom is -0.477 e. The smallest absolute Gasteiger partial charge is 0.354 e. The first-order valence-electron chi connectivity index (χ1n) is 5.07. The normalized spacial score (nSPS) is 15.6. The number of aromatic carboxylic acids is 1. The lowest BCUT2D eigenvalue weighted by Gasteiger charge is -1.98. The number of fused-ring (bicyclic) bond motifs is 1. The number of carboxylic acid groups (broad SMARTS) is 1. The number of imidazole rings is 1. The van der Waals surface area contributed by atoms with Gasteiger partial charge in [0.2, 0.25) is 0 Å². The molecule has 1 saturated carbocycles. The summed E-state index contributed by atoms with van der Waals surface area (Å²) < 4.78 is 1.55. The van der Waals surface area contributed by atoms with Crippen molar-refractivity contribution in [3.8, 4) is 0 Å². The summed E-state index contributed by atoms with van der Waals surface area (Å²) in [4.78, 5) is 15.6. The Morgan fingerprint density at radius 1 is 1.50 bits per heavy atom. The molecule has 2 aromatic rings. The molecule has 16 heavy (non-hydrogen) atoms. The van der Waals surface area contributed by atoms with Gasteiger partial charge in [-0.3, -0.25) is 4.40 Å².